The third-order valence-electron chi connectivity index (χ3n) is 4.60. The van der Waals surface area contributed by atoms with Crippen LogP contribution in [0.4, 0.5) is 5.69 Å². The Kier molecular flexibility index (Phi) is 6.33. The van der Waals surface area contributed by atoms with Crippen molar-refractivity contribution in [2.45, 2.75) is 31.5 Å². The van der Waals surface area contributed by atoms with Crippen LogP contribution in [0.5, 0.6) is 0 Å². The van der Waals surface area contributed by atoms with Gasteiger partial charge in [0, 0.05) is 30.3 Å². The van der Waals surface area contributed by atoms with Crippen molar-refractivity contribution in [3.8, 4) is 0 Å². The number of ether oxygens (including phenoxy) is 1. The highest BCUT2D eigenvalue weighted by Crippen LogP contribution is 2.14. The molecule has 1 saturated heterocycles. The van der Waals surface area contributed by atoms with Crippen molar-refractivity contribution in [2.75, 3.05) is 6.54 Å². The normalized spacial score (nSPS) is 18.9. The lowest BCUT2D eigenvalue weighted by Crippen LogP contribution is -2.52. The molecule has 1 heterocycles. The number of nitrogens with zero attached hydrogens (tertiary/aromatic N) is 1. The molecule has 146 valence electrons. The first-order valence-corrected chi connectivity index (χ1v) is 9.02. The molecule has 2 aromatic carbocycles. The minimum Gasteiger partial charge on any atom is -0.460 e. The molecule has 1 aliphatic rings. The summed E-state index contributed by atoms with van der Waals surface area (Å²) in [4.78, 5) is 34.6. The minimum atomic E-state index is -0.477. The van der Waals surface area contributed by atoms with Crippen LogP contribution in [0.1, 0.15) is 28.8 Å². The van der Waals surface area contributed by atoms with Crippen molar-refractivity contribution in [3.05, 3.63) is 75.8 Å². The van der Waals surface area contributed by atoms with Gasteiger partial charge in [0.2, 0.25) is 0 Å². The monoisotopic (exact) mass is 383 g/mol. The highest BCUT2D eigenvalue weighted by Gasteiger charge is 2.27. The van der Waals surface area contributed by atoms with Crippen LogP contribution in [-0.4, -0.2) is 35.4 Å². The number of piperidine rings is 1. The van der Waals surface area contributed by atoms with E-state index in [4.69, 9.17) is 4.74 Å². The second kappa shape index (κ2) is 9.09. The van der Waals surface area contributed by atoms with Crippen molar-refractivity contribution >= 4 is 17.6 Å². The average molecular weight is 383 g/mol. The summed E-state index contributed by atoms with van der Waals surface area (Å²) in [6, 6.07) is 14.4. The van der Waals surface area contributed by atoms with Gasteiger partial charge < -0.3 is 15.4 Å². The van der Waals surface area contributed by atoms with Gasteiger partial charge in [-0.05, 0) is 42.7 Å². The lowest BCUT2D eigenvalue weighted by atomic mass is 10.0. The van der Waals surface area contributed by atoms with Crippen LogP contribution in [0, 0.1) is 10.1 Å². The Bertz CT molecular complexity index is 831. The quantitative estimate of drug-likeness (QED) is 0.449. The van der Waals surface area contributed by atoms with E-state index in [0.29, 0.717) is 30.5 Å². The Labute approximate surface area is 162 Å². The molecule has 0 aromatic heterocycles. The zero-order chi connectivity index (χ0) is 19.9. The van der Waals surface area contributed by atoms with Gasteiger partial charge >= 0.3 is 5.97 Å². The molecule has 8 heteroatoms. The molecule has 28 heavy (non-hydrogen) atoms. The molecule has 1 aliphatic heterocycles. The third-order valence-corrected chi connectivity index (χ3v) is 4.60. The second-order valence-electron chi connectivity index (χ2n) is 6.61. The van der Waals surface area contributed by atoms with E-state index < -0.39 is 11.0 Å². The fraction of sp³-hybridized carbons (Fsp3) is 0.300. The molecule has 2 aromatic rings. The number of non-ortho nitro benzene ring substituents is 1. The van der Waals surface area contributed by atoms with Crippen molar-refractivity contribution in [1.82, 2.24) is 10.6 Å². The van der Waals surface area contributed by atoms with Gasteiger partial charge in [0.1, 0.15) is 12.6 Å². The average Bonchev–Trinajstić information content (AvgIpc) is 2.73. The molecule has 2 atom stereocenters. The summed E-state index contributed by atoms with van der Waals surface area (Å²) in [5, 5.41) is 16.7. The standard InChI is InChI=1S/C20H21N3O5/c24-19(15-4-2-1-3-5-15)22-16-8-11-18(21-12-16)20(25)28-13-14-6-9-17(10-7-14)23(26)27/h1-7,9-10,16,18,21H,8,11-13H2,(H,22,24). The van der Waals surface area contributed by atoms with E-state index in [-0.39, 0.29) is 30.2 Å². The third kappa shape index (κ3) is 5.14. The maximum atomic E-state index is 12.2. The molecule has 1 amide bonds. The summed E-state index contributed by atoms with van der Waals surface area (Å²) in [5.41, 5.74) is 1.28. The lowest BCUT2D eigenvalue weighted by molar-refractivity contribution is -0.384. The number of esters is 1. The van der Waals surface area contributed by atoms with Crippen molar-refractivity contribution in [2.24, 2.45) is 0 Å². The maximum Gasteiger partial charge on any atom is 0.323 e. The smallest absolute Gasteiger partial charge is 0.323 e. The molecule has 1 fully saturated rings. The molecule has 0 spiro atoms. The van der Waals surface area contributed by atoms with Crippen LogP contribution in [0.15, 0.2) is 54.6 Å². The molecule has 0 bridgehead atoms. The maximum absolute atomic E-state index is 12.2. The van der Waals surface area contributed by atoms with Gasteiger partial charge in [0.15, 0.2) is 0 Å². The predicted molar refractivity (Wildman–Crippen MR) is 102 cm³/mol. The lowest BCUT2D eigenvalue weighted by Gasteiger charge is -2.29. The molecule has 0 aliphatic carbocycles. The van der Waals surface area contributed by atoms with Crippen LogP contribution < -0.4 is 10.6 Å². The zero-order valence-electron chi connectivity index (χ0n) is 15.2. The summed E-state index contributed by atoms with van der Waals surface area (Å²) in [6.07, 6.45) is 1.22. The van der Waals surface area contributed by atoms with E-state index in [9.17, 15) is 19.7 Å². The number of rotatable bonds is 6. The van der Waals surface area contributed by atoms with Crippen LogP contribution in [0.2, 0.25) is 0 Å². The number of nitro benzene ring substituents is 1. The molecule has 3 rings (SSSR count). The van der Waals surface area contributed by atoms with E-state index >= 15 is 0 Å². The van der Waals surface area contributed by atoms with Gasteiger partial charge in [-0.1, -0.05) is 18.2 Å². The van der Waals surface area contributed by atoms with E-state index in [2.05, 4.69) is 10.6 Å². The fourth-order valence-electron chi connectivity index (χ4n) is 3.01. The number of hydrogen-bond donors (Lipinski definition) is 2. The van der Waals surface area contributed by atoms with Gasteiger partial charge in [0.05, 0.1) is 4.92 Å². The first-order chi connectivity index (χ1) is 13.5. The summed E-state index contributed by atoms with van der Waals surface area (Å²) in [6.45, 7) is 0.541. The van der Waals surface area contributed by atoms with Crippen LogP contribution in [-0.2, 0) is 16.1 Å². The fourth-order valence-corrected chi connectivity index (χ4v) is 3.01. The van der Waals surface area contributed by atoms with Crippen LogP contribution >= 0.6 is 0 Å². The SMILES string of the molecule is O=C(NC1CCC(C(=O)OCc2ccc([N+](=O)[O-])cc2)NC1)c1ccccc1. The largest absolute Gasteiger partial charge is 0.460 e. The van der Waals surface area contributed by atoms with Gasteiger partial charge in [-0.25, -0.2) is 0 Å². The number of nitro groups is 1. The Morgan fingerprint density at radius 3 is 2.43 bits per heavy atom. The summed E-state index contributed by atoms with van der Waals surface area (Å²) in [7, 11) is 0. The number of nitrogens with one attached hydrogen (secondary N) is 2. The highest BCUT2D eigenvalue weighted by atomic mass is 16.6. The number of benzene rings is 2. The van der Waals surface area contributed by atoms with Crippen molar-refractivity contribution < 1.29 is 19.2 Å². The topological polar surface area (TPSA) is 111 Å². The van der Waals surface area contributed by atoms with Crippen molar-refractivity contribution in [3.63, 3.8) is 0 Å². The Morgan fingerprint density at radius 2 is 1.82 bits per heavy atom. The predicted octanol–water partition coefficient (Wildman–Crippen LogP) is 2.19. The van der Waals surface area contributed by atoms with Gasteiger partial charge in [-0.3, -0.25) is 19.7 Å². The molecule has 2 N–H and O–H groups in total. The van der Waals surface area contributed by atoms with E-state index in [0.717, 1.165) is 0 Å². The van der Waals surface area contributed by atoms with Gasteiger partial charge in [-0.2, -0.15) is 0 Å². The second-order valence-corrected chi connectivity index (χ2v) is 6.61. The first-order valence-electron chi connectivity index (χ1n) is 9.02. The summed E-state index contributed by atoms with van der Waals surface area (Å²) >= 11 is 0. The van der Waals surface area contributed by atoms with Gasteiger partial charge in [0.25, 0.3) is 11.6 Å². The zero-order valence-corrected chi connectivity index (χ0v) is 15.2. The molecule has 0 saturated carbocycles. The van der Waals surface area contributed by atoms with E-state index in [1.54, 1.807) is 24.3 Å². The summed E-state index contributed by atoms with van der Waals surface area (Å²) in [5.74, 6) is -0.502. The molecule has 8 nitrogen and oxygen atoms in total. The van der Waals surface area contributed by atoms with E-state index in [1.807, 2.05) is 18.2 Å². The summed E-state index contributed by atoms with van der Waals surface area (Å²) < 4.78 is 5.29. The van der Waals surface area contributed by atoms with Crippen LogP contribution in [0.25, 0.3) is 0 Å². The first kappa shape index (κ1) is 19.5. The van der Waals surface area contributed by atoms with Gasteiger partial charge in [-0.15, -0.1) is 0 Å². The Balaban J connectivity index is 1.42. The minimum absolute atomic E-state index is 0.00684. The van der Waals surface area contributed by atoms with E-state index in [1.165, 1.54) is 12.1 Å². The molecule has 2 unspecified atom stereocenters. The Hall–Kier alpha value is -3.26. The highest BCUT2D eigenvalue weighted by molar-refractivity contribution is 5.94. The van der Waals surface area contributed by atoms with Crippen LogP contribution in [0.3, 0.4) is 0 Å². The number of hydrogen-bond acceptors (Lipinski definition) is 6. The van der Waals surface area contributed by atoms with Crippen molar-refractivity contribution in [1.29, 1.82) is 0 Å². The molecular weight excluding hydrogens is 362 g/mol. The number of amides is 1. The molecular formula is C20H21N3O5. The Morgan fingerprint density at radius 1 is 1.11 bits per heavy atom. The number of carbonyl (C=O) groups excluding carboxylic acids is 2. The number of carbonyl (C=O) groups is 2. The molecule has 0 radical (unpaired) electrons.